The molecule has 0 saturated heterocycles. The Morgan fingerprint density at radius 3 is 3.00 bits per heavy atom. The number of rotatable bonds is 5. The normalized spacial score (nSPS) is 12.8. The van der Waals surface area contributed by atoms with E-state index in [4.69, 9.17) is 11.6 Å². The van der Waals surface area contributed by atoms with Crippen LogP contribution in [0.15, 0.2) is 24.4 Å². The van der Waals surface area contributed by atoms with Gasteiger partial charge in [0.05, 0.1) is 12.6 Å². The van der Waals surface area contributed by atoms with Crippen LogP contribution in [-0.2, 0) is 0 Å². The molecule has 1 aromatic heterocycles. The molecule has 0 spiro atoms. The van der Waals surface area contributed by atoms with Gasteiger partial charge in [0.1, 0.15) is 0 Å². The Bertz CT molecular complexity index is 565. The molecule has 0 aliphatic carbocycles. The van der Waals surface area contributed by atoms with Gasteiger partial charge in [0, 0.05) is 27.7 Å². The molecule has 4 nitrogen and oxygen atoms in total. The van der Waals surface area contributed by atoms with Crippen LogP contribution in [-0.4, -0.2) is 35.1 Å². The average Bonchev–Trinajstić information content (AvgIpc) is 2.78. The zero-order valence-corrected chi connectivity index (χ0v) is 10.8. The quantitative estimate of drug-likeness (QED) is 0.725. The summed E-state index contributed by atoms with van der Waals surface area (Å²) in [6.07, 6.45) is 1.66. The Kier molecular flexibility index (Phi) is 4.01. The number of fused-ring (bicyclic) bond motifs is 1. The van der Waals surface area contributed by atoms with Crippen LogP contribution in [0.2, 0.25) is 5.02 Å². The summed E-state index contributed by atoms with van der Waals surface area (Å²) in [5.74, 6) is -0.132. The first-order valence-corrected chi connectivity index (χ1v) is 6.20. The van der Waals surface area contributed by atoms with Gasteiger partial charge in [-0.1, -0.05) is 18.5 Å². The third-order valence-electron chi connectivity index (χ3n) is 2.86. The third-order valence-corrected chi connectivity index (χ3v) is 3.09. The van der Waals surface area contributed by atoms with Crippen molar-refractivity contribution in [2.24, 2.45) is 0 Å². The number of aliphatic hydroxyl groups is 1. The van der Waals surface area contributed by atoms with Gasteiger partial charge in [0.25, 0.3) is 0 Å². The molecule has 0 amide bonds. The summed E-state index contributed by atoms with van der Waals surface area (Å²) in [6, 6.07) is 4.77. The van der Waals surface area contributed by atoms with E-state index in [9.17, 15) is 9.90 Å². The first kappa shape index (κ1) is 13.1. The van der Waals surface area contributed by atoms with E-state index in [0.29, 0.717) is 17.1 Å². The monoisotopic (exact) mass is 266 g/mol. The topological polar surface area (TPSA) is 65.1 Å². The number of ketones is 1. The molecule has 18 heavy (non-hydrogen) atoms. The second kappa shape index (κ2) is 5.52. The van der Waals surface area contributed by atoms with Crippen LogP contribution in [0.5, 0.6) is 0 Å². The van der Waals surface area contributed by atoms with Crippen molar-refractivity contribution in [3.05, 3.63) is 35.0 Å². The predicted octanol–water partition coefficient (Wildman–Crippen LogP) is 1.97. The zero-order valence-electron chi connectivity index (χ0n) is 10.0. The predicted molar refractivity (Wildman–Crippen MR) is 72.2 cm³/mol. The number of aromatic nitrogens is 1. The van der Waals surface area contributed by atoms with E-state index in [1.54, 1.807) is 18.3 Å². The average molecular weight is 267 g/mol. The van der Waals surface area contributed by atoms with Crippen molar-refractivity contribution in [2.75, 3.05) is 13.2 Å². The number of carbonyl (C=O) groups excluding carboxylic acids is 1. The standard InChI is InChI=1S/C13H15ClN2O2/c1-2-15-12(7-17)13(18)10-6-16-11-4-3-8(14)5-9(10)11/h3-6,12,15-17H,2,7H2,1H3. The Morgan fingerprint density at radius 1 is 1.56 bits per heavy atom. The molecule has 3 N–H and O–H groups in total. The first-order valence-electron chi connectivity index (χ1n) is 5.82. The largest absolute Gasteiger partial charge is 0.394 e. The summed E-state index contributed by atoms with van der Waals surface area (Å²) in [6.45, 7) is 2.29. The molecular formula is C13H15ClN2O2. The van der Waals surface area contributed by atoms with Gasteiger partial charge in [0.2, 0.25) is 0 Å². The van der Waals surface area contributed by atoms with E-state index in [2.05, 4.69) is 10.3 Å². The minimum absolute atomic E-state index is 0.132. The lowest BCUT2D eigenvalue weighted by molar-refractivity contribution is 0.0901. The number of benzene rings is 1. The number of hydrogen-bond donors (Lipinski definition) is 3. The van der Waals surface area contributed by atoms with Crippen LogP contribution >= 0.6 is 11.6 Å². The Morgan fingerprint density at radius 2 is 2.33 bits per heavy atom. The van der Waals surface area contributed by atoms with Crippen LogP contribution < -0.4 is 5.32 Å². The molecule has 1 unspecified atom stereocenters. The number of aromatic amines is 1. The highest BCUT2D eigenvalue weighted by molar-refractivity contribution is 6.31. The van der Waals surface area contributed by atoms with Gasteiger partial charge in [0.15, 0.2) is 5.78 Å². The smallest absolute Gasteiger partial charge is 0.184 e. The van der Waals surface area contributed by atoms with Crippen LogP contribution in [0.25, 0.3) is 10.9 Å². The molecule has 2 rings (SSSR count). The summed E-state index contributed by atoms with van der Waals surface area (Å²) in [5.41, 5.74) is 1.41. The molecule has 0 fully saturated rings. The molecule has 0 radical (unpaired) electrons. The van der Waals surface area contributed by atoms with E-state index in [0.717, 1.165) is 10.9 Å². The molecule has 0 aliphatic rings. The number of H-pyrrole nitrogens is 1. The van der Waals surface area contributed by atoms with Crippen molar-refractivity contribution in [2.45, 2.75) is 13.0 Å². The molecule has 0 saturated carbocycles. The number of aliphatic hydroxyl groups excluding tert-OH is 1. The van der Waals surface area contributed by atoms with Crippen molar-refractivity contribution in [3.8, 4) is 0 Å². The summed E-state index contributed by atoms with van der Waals surface area (Å²) in [7, 11) is 0. The highest BCUT2D eigenvalue weighted by Gasteiger charge is 2.21. The molecule has 5 heteroatoms. The van der Waals surface area contributed by atoms with Gasteiger partial charge in [-0.25, -0.2) is 0 Å². The fourth-order valence-corrected chi connectivity index (χ4v) is 2.14. The fraction of sp³-hybridized carbons (Fsp3) is 0.308. The van der Waals surface area contributed by atoms with Crippen LogP contribution in [0.1, 0.15) is 17.3 Å². The van der Waals surface area contributed by atoms with E-state index in [-0.39, 0.29) is 12.4 Å². The van der Waals surface area contributed by atoms with Crippen molar-refractivity contribution in [1.29, 1.82) is 0 Å². The SMILES string of the molecule is CCNC(CO)C(=O)c1c[nH]c2ccc(Cl)cc12. The van der Waals surface area contributed by atoms with Crippen LogP contribution in [0, 0.1) is 0 Å². The summed E-state index contributed by atoms with van der Waals surface area (Å²) in [4.78, 5) is 15.3. The number of Topliss-reactive ketones (excluding diaryl/α,β-unsaturated/α-hetero) is 1. The maximum Gasteiger partial charge on any atom is 0.184 e. The van der Waals surface area contributed by atoms with Gasteiger partial charge < -0.3 is 15.4 Å². The zero-order chi connectivity index (χ0) is 13.1. The van der Waals surface area contributed by atoms with Gasteiger partial charge in [-0.3, -0.25) is 4.79 Å². The van der Waals surface area contributed by atoms with Crippen LogP contribution in [0.3, 0.4) is 0 Å². The highest BCUT2D eigenvalue weighted by atomic mass is 35.5. The van der Waals surface area contributed by atoms with Gasteiger partial charge >= 0.3 is 0 Å². The van der Waals surface area contributed by atoms with Gasteiger partial charge in [-0.15, -0.1) is 0 Å². The minimum atomic E-state index is -0.576. The second-order valence-electron chi connectivity index (χ2n) is 4.05. The van der Waals surface area contributed by atoms with E-state index in [1.165, 1.54) is 0 Å². The molecule has 96 valence electrons. The Balaban J connectivity index is 2.41. The van der Waals surface area contributed by atoms with Crippen molar-refractivity contribution < 1.29 is 9.90 Å². The lowest BCUT2D eigenvalue weighted by Gasteiger charge is -2.12. The maximum absolute atomic E-state index is 12.3. The minimum Gasteiger partial charge on any atom is -0.394 e. The van der Waals surface area contributed by atoms with Crippen molar-refractivity contribution in [1.82, 2.24) is 10.3 Å². The van der Waals surface area contributed by atoms with Crippen LogP contribution in [0.4, 0.5) is 0 Å². The summed E-state index contributed by atoms with van der Waals surface area (Å²) < 4.78 is 0. The highest BCUT2D eigenvalue weighted by Crippen LogP contribution is 2.23. The molecular weight excluding hydrogens is 252 g/mol. The molecule has 1 aromatic carbocycles. The van der Waals surface area contributed by atoms with E-state index >= 15 is 0 Å². The fourth-order valence-electron chi connectivity index (χ4n) is 1.97. The number of carbonyl (C=O) groups is 1. The molecule has 0 bridgehead atoms. The number of hydrogen-bond acceptors (Lipinski definition) is 3. The molecule has 1 heterocycles. The first-order chi connectivity index (χ1) is 8.67. The van der Waals surface area contributed by atoms with Crippen molar-refractivity contribution >= 4 is 28.3 Å². The van der Waals surface area contributed by atoms with Crippen molar-refractivity contribution in [3.63, 3.8) is 0 Å². The number of nitrogens with one attached hydrogen (secondary N) is 2. The number of likely N-dealkylation sites (N-methyl/N-ethyl adjacent to an activating group) is 1. The number of halogens is 1. The lowest BCUT2D eigenvalue weighted by atomic mass is 10.0. The Hall–Kier alpha value is -1.36. The molecule has 2 aromatic rings. The van der Waals surface area contributed by atoms with E-state index in [1.807, 2.05) is 13.0 Å². The van der Waals surface area contributed by atoms with E-state index < -0.39 is 6.04 Å². The maximum atomic E-state index is 12.3. The second-order valence-corrected chi connectivity index (χ2v) is 4.49. The molecule has 0 aliphatic heterocycles. The molecule has 1 atom stereocenters. The summed E-state index contributed by atoms with van der Waals surface area (Å²) >= 11 is 5.94. The van der Waals surface area contributed by atoms with Gasteiger partial charge in [-0.05, 0) is 24.7 Å². The Labute approximate surface area is 110 Å². The van der Waals surface area contributed by atoms with Gasteiger partial charge in [-0.2, -0.15) is 0 Å². The summed E-state index contributed by atoms with van der Waals surface area (Å²) in [5, 5.41) is 13.6. The lowest BCUT2D eigenvalue weighted by Crippen LogP contribution is -2.39. The third kappa shape index (κ3) is 2.41.